The van der Waals surface area contributed by atoms with Gasteiger partial charge in [0.05, 0.1) is 21.2 Å². The van der Waals surface area contributed by atoms with E-state index in [0.29, 0.717) is 11.4 Å². The van der Waals surface area contributed by atoms with Crippen LogP contribution >= 0.6 is 0 Å². The summed E-state index contributed by atoms with van der Waals surface area (Å²) in [5.41, 5.74) is 2.59. The first kappa shape index (κ1) is 25.3. The minimum absolute atomic E-state index is 0.0244. The molecule has 0 unspecified atom stereocenters. The van der Waals surface area contributed by atoms with Gasteiger partial charge in [-0.15, -0.1) is 0 Å². The van der Waals surface area contributed by atoms with E-state index in [1.807, 2.05) is 0 Å². The lowest BCUT2D eigenvalue weighted by molar-refractivity contribution is -0.384. The first-order valence-corrected chi connectivity index (χ1v) is 12.4. The van der Waals surface area contributed by atoms with E-state index in [-0.39, 0.29) is 21.8 Å². The number of ketones is 1. The average Bonchev–Trinajstić information content (AvgIpc) is 3.12. The number of nitrogens with one attached hydrogen (secondary N) is 1. The zero-order valence-electron chi connectivity index (χ0n) is 19.7. The summed E-state index contributed by atoms with van der Waals surface area (Å²) in [4.78, 5) is 36.7. The molecule has 0 saturated carbocycles. The van der Waals surface area contributed by atoms with Crippen LogP contribution in [-0.4, -0.2) is 33.5 Å². The van der Waals surface area contributed by atoms with E-state index >= 15 is 0 Å². The number of nitro benzene ring substituents is 1. The van der Waals surface area contributed by atoms with E-state index < -0.39 is 31.1 Å². The van der Waals surface area contributed by atoms with Crippen LogP contribution in [0.25, 0.3) is 5.69 Å². The quantitative estimate of drug-likeness (QED) is 0.129. The molecule has 0 atom stereocenters. The van der Waals surface area contributed by atoms with Gasteiger partial charge in [-0.1, -0.05) is 36.4 Å². The van der Waals surface area contributed by atoms with Crippen molar-refractivity contribution in [2.45, 2.75) is 11.8 Å². The number of carbonyl (C=O) groups excluding carboxylic acids is 1. The number of sulfone groups is 1. The Morgan fingerprint density at radius 1 is 0.946 bits per heavy atom. The Morgan fingerprint density at radius 2 is 1.51 bits per heavy atom. The fourth-order valence-corrected chi connectivity index (χ4v) is 4.87. The van der Waals surface area contributed by atoms with Crippen LogP contribution in [0.5, 0.6) is 0 Å². The van der Waals surface area contributed by atoms with E-state index in [1.165, 1.54) is 28.9 Å². The Hall–Kier alpha value is -4.84. The maximum atomic E-state index is 13.4. The largest absolute Gasteiger partial charge is 0.296 e. The summed E-state index contributed by atoms with van der Waals surface area (Å²) >= 11 is 0. The summed E-state index contributed by atoms with van der Waals surface area (Å²) in [6.07, 6.45) is 0. The summed E-state index contributed by atoms with van der Waals surface area (Å²) in [6, 6.07) is 20.5. The minimum Gasteiger partial charge on any atom is -0.286 e. The van der Waals surface area contributed by atoms with Gasteiger partial charge in [-0.3, -0.25) is 29.8 Å². The van der Waals surface area contributed by atoms with Crippen molar-refractivity contribution in [3.63, 3.8) is 0 Å². The topological polar surface area (TPSA) is 146 Å². The molecule has 3 aromatic carbocycles. The second kappa shape index (κ2) is 10.0. The van der Waals surface area contributed by atoms with Gasteiger partial charge in [-0.05, 0) is 43.3 Å². The van der Waals surface area contributed by atoms with Crippen molar-refractivity contribution in [2.75, 3.05) is 5.43 Å². The summed E-state index contributed by atoms with van der Waals surface area (Å²) in [5, 5.41) is 14.0. The van der Waals surface area contributed by atoms with E-state index in [2.05, 4.69) is 10.5 Å². The Kier molecular flexibility index (Phi) is 6.85. The highest BCUT2D eigenvalue weighted by Gasteiger charge is 2.31. The van der Waals surface area contributed by atoms with E-state index in [1.54, 1.807) is 55.1 Å². The van der Waals surface area contributed by atoms with E-state index in [9.17, 15) is 28.1 Å². The van der Waals surface area contributed by atoms with E-state index in [0.717, 1.165) is 24.3 Å². The van der Waals surface area contributed by atoms with Crippen molar-refractivity contribution in [1.29, 1.82) is 0 Å². The molecule has 0 saturated heterocycles. The maximum absolute atomic E-state index is 13.4. The Labute approximate surface area is 211 Å². The summed E-state index contributed by atoms with van der Waals surface area (Å²) < 4.78 is 29.8. The first-order chi connectivity index (χ1) is 17.6. The number of nitro groups is 1. The predicted octanol–water partition coefficient (Wildman–Crippen LogP) is 3.47. The number of carbonyl (C=O) groups is 1. The molecule has 0 aliphatic rings. The second-order valence-corrected chi connectivity index (χ2v) is 9.78. The van der Waals surface area contributed by atoms with Gasteiger partial charge in [0.1, 0.15) is 5.69 Å². The van der Waals surface area contributed by atoms with Crippen LogP contribution in [0.3, 0.4) is 0 Å². The predicted molar refractivity (Wildman–Crippen MR) is 138 cm³/mol. The third kappa shape index (κ3) is 4.82. The standard InChI is InChI=1S/C25H21N5O6S/c1-17-22(25(32)29(28(17)2)19-9-5-3-6-10-19)26-27-24(37(35,36)21-11-7-4-8-12-21)23(31)18-13-15-20(16-14-18)30(33)34/h3-16,26H,1-2H3. The summed E-state index contributed by atoms with van der Waals surface area (Å²) in [7, 11) is -2.78. The van der Waals surface area contributed by atoms with E-state index in [4.69, 9.17) is 0 Å². The number of rotatable bonds is 7. The Morgan fingerprint density at radius 3 is 2.08 bits per heavy atom. The molecule has 12 heteroatoms. The molecule has 0 spiro atoms. The van der Waals surface area contributed by atoms with Crippen molar-refractivity contribution in [2.24, 2.45) is 12.1 Å². The molecule has 4 rings (SSSR count). The van der Waals surface area contributed by atoms with Crippen molar-refractivity contribution in [3.05, 3.63) is 117 Å². The molecule has 1 N–H and O–H groups in total. The number of non-ortho nitro benzene ring substituents is 1. The molecule has 4 aromatic rings. The van der Waals surface area contributed by atoms with Crippen molar-refractivity contribution in [3.8, 4) is 5.69 Å². The number of hydrazone groups is 1. The molecule has 0 aliphatic heterocycles. The molecule has 0 amide bonds. The monoisotopic (exact) mass is 519 g/mol. The number of aromatic nitrogens is 2. The Balaban J connectivity index is 1.82. The van der Waals surface area contributed by atoms with Gasteiger partial charge >= 0.3 is 0 Å². The van der Waals surface area contributed by atoms with Crippen LogP contribution in [-0.2, 0) is 16.9 Å². The zero-order chi connectivity index (χ0) is 26.7. The van der Waals surface area contributed by atoms with Gasteiger partial charge in [0.25, 0.3) is 11.2 Å². The third-order valence-corrected chi connectivity index (χ3v) is 7.34. The molecule has 1 aromatic heterocycles. The van der Waals surface area contributed by atoms with Crippen molar-refractivity contribution >= 4 is 32.0 Å². The molecular weight excluding hydrogens is 498 g/mol. The number of nitrogens with zero attached hydrogens (tertiary/aromatic N) is 4. The second-order valence-electron chi connectivity index (χ2n) is 7.91. The zero-order valence-corrected chi connectivity index (χ0v) is 20.5. The number of hydrogen-bond donors (Lipinski definition) is 1. The number of para-hydroxylation sites is 1. The SMILES string of the molecule is Cc1c(NN=C(C(=O)c2ccc([N+](=O)[O-])cc2)S(=O)(=O)c2ccccc2)c(=O)n(-c2ccccc2)n1C. The van der Waals surface area contributed by atoms with Gasteiger partial charge in [0.2, 0.25) is 20.7 Å². The first-order valence-electron chi connectivity index (χ1n) is 10.9. The molecule has 11 nitrogen and oxygen atoms in total. The van der Waals surface area contributed by atoms with Gasteiger partial charge < -0.3 is 0 Å². The summed E-state index contributed by atoms with van der Waals surface area (Å²) in [6.45, 7) is 1.64. The Bertz CT molecular complexity index is 1670. The van der Waals surface area contributed by atoms with Crippen LogP contribution in [0, 0.1) is 17.0 Å². The molecule has 0 aliphatic carbocycles. The highest BCUT2D eigenvalue weighted by atomic mass is 32.2. The molecule has 0 radical (unpaired) electrons. The van der Waals surface area contributed by atoms with Crippen LogP contribution in [0.15, 0.2) is 99.7 Å². The smallest absolute Gasteiger partial charge is 0.286 e. The normalized spacial score (nSPS) is 11.8. The lowest BCUT2D eigenvalue weighted by Gasteiger charge is -2.08. The van der Waals surface area contributed by atoms with Crippen molar-refractivity contribution < 1.29 is 18.1 Å². The van der Waals surface area contributed by atoms with Gasteiger partial charge in [-0.2, -0.15) is 5.10 Å². The lowest BCUT2D eigenvalue weighted by Crippen LogP contribution is -2.27. The average molecular weight is 520 g/mol. The summed E-state index contributed by atoms with van der Waals surface area (Å²) in [5.74, 6) is -0.997. The van der Waals surface area contributed by atoms with Gasteiger partial charge in [0.15, 0.2) is 0 Å². The van der Waals surface area contributed by atoms with Gasteiger partial charge in [0, 0.05) is 24.7 Å². The molecular formula is C25H21N5O6S. The van der Waals surface area contributed by atoms with Crippen molar-refractivity contribution in [1.82, 2.24) is 9.36 Å². The number of anilines is 1. The maximum Gasteiger partial charge on any atom is 0.296 e. The highest BCUT2D eigenvalue weighted by molar-refractivity contribution is 8.08. The molecule has 0 bridgehead atoms. The lowest BCUT2D eigenvalue weighted by atomic mass is 10.1. The van der Waals surface area contributed by atoms with Crippen LogP contribution < -0.4 is 11.0 Å². The fourth-order valence-electron chi connectivity index (χ4n) is 3.61. The van der Waals surface area contributed by atoms with Crippen LogP contribution in [0.4, 0.5) is 11.4 Å². The van der Waals surface area contributed by atoms with Crippen LogP contribution in [0.2, 0.25) is 0 Å². The molecule has 0 fully saturated rings. The third-order valence-electron chi connectivity index (χ3n) is 5.67. The van der Waals surface area contributed by atoms with Crippen LogP contribution in [0.1, 0.15) is 16.1 Å². The highest BCUT2D eigenvalue weighted by Crippen LogP contribution is 2.19. The molecule has 37 heavy (non-hydrogen) atoms. The fraction of sp³-hybridized carbons (Fsp3) is 0.0800. The number of Topliss-reactive ketones (excluding diaryl/α,β-unsaturated/α-hetero) is 1. The molecule has 188 valence electrons. The van der Waals surface area contributed by atoms with Gasteiger partial charge in [-0.25, -0.2) is 13.1 Å². The minimum atomic E-state index is -4.44. The number of hydrogen-bond acceptors (Lipinski definition) is 8. The number of benzene rings is 3. The molecule has 1 heterocycles.